The summed E-state index contributed by atoms with van der Waals surface area (Å²) in [6.07, 6.45) is 3.04. The number of hydrogen-bond donors (Lipinski definition) is 0. The Labute approximate surface area is 154 Å². The van der Waals surface area contributed by atoms with Crippen LogP contribution in [0.25, 0.3) is 5.78 Å². The average molecular weight is 375 g/mol. The molecule has 0 aliphatic heterocycles. The molecule has 0 radical (unpaired) electrons. The summed E-state index contributed by atoms with van der Waals surface area (Å²) in [7, 11) is 0. The fourth-order valence-electron chi connectivity index (χ4n) is 2.85. The van der Waals surface area contributed by atoms with Gasteiger partial charge in [0.2, 0.25) is 5.78 Å². The molecule has 0 bridgehead atoms. The molecule has 3 aromatic rings. The van der Waals surface area contributed by atoms with Gasteiger partial charge in [-0.25, -0.2) is 4.98 Å². The van der Waals surface area contributed by atoms with E-state index in [0.29, 0.717) is 35.0 Å². The lowest BCUT2D eigenvalue weighted by atomic mass is 10.0. The fraction of sp³-hybridized carbons (Fsp3) is 0.353. The van der Waals surface area contributed by atoms with Crippen LogP contribution in [-0.2, 0) is 17.8 Å². The van der Waals surface area contributed by atoms with E-state index in [-0.39, 0.29) is 24.8 Å². The maximum Gasteiger partial charge on any atom is 0.279 e. The molecule has 9 heteroatoms. The van der Waals surface area contributed by atoms with E-state index in [2.05, 4.69) is 15.1 Å². The molecule has 0 spiro atoms. The molecule has 0 amide bonds. The molecular formula is C17H17ClN5O3-. The van der Waals surface area contributed by atoms with Gasteiger partial charge in [-0.3, -0.25) is 4.79 Å². The number of halogens is 1. The van der Waals surface area contributed by atoms with Crippen molar-refractivity contribution >= 4 is 23.7 Å². The molecule has 0 fully saturated rings. The first-order valence-corrected chi connectivity index (χ1v) is 8.51. The van der Waals surface area contributed by atoms with Gasteiger partial charge >= 0.3 is 0 Å². The summed E-state index contributed by atoms with van der Waals surface area (Å²) in [6, 6.07) is 3.52. The molecule has 26 heavy (non-hydrogen) atoms. The van der Waals surface area contributed by atoms with E-state index in [0.717, 1.165) is 5.56 Å². The van der Waals surface area contributed by atoms with Crippen LogP contribution in [0.15, 0.2) is 29.5 Å². The molecule has 0 aliphatic carbocycles. The zero-order valence-corrected chi connectivity index (χ0v) is 14.9. The summed E-state index contributed by atoms with van der Waals surface area (Å²) in [6.45, 7) is 2.19. The van der Waals surface area contributed by atoms with Crippen LogP contribution in [0.2, 0.25) is 5.15 Å². The van der Waals surface area contributed by atoms with Crippen LogP contribution >= 0.6 is 11.6 Å². The second-order valence-corrected chi connectivity index (χ2v) is 6.37. The van der Waals surface area contributed by atoms with Crippen molar-refractivity contribution in [1.29, 1.82) is 0 Å². The largest absolute Gasteiger partial charge is 0.852 e. The zero-order valence-electron chi connectivity index (χ0n) is 14.1. The van der Waals surface area contributed by atoms with Gasteiger partial charge in [0.25, 0.3) is 5.56 Å². The normalized spacial score (nSPS) is 12.4. The molecule has 0 aliphatic rings. The highest BCUT2D eigenvalue weighted by molar-refractivity contribution is 6.29. The zero-order chi connectivity index (χ0) is 18.7. The van der Waals surface area contributed by atoms with Crippen LogP contribution in [0.1, 0.15) is 29.7 Å². The Balaban J connectivity index is 2.04. The number of fused-ring (bicyclic) bond motifs is 1. The van der Waals surface area contributed by atoms with Gasteiger partial charge in [0.05, 0.1) is 6.54 Å². The van der Waals surface area contributed by atoms with Gasteiger partial charge in [-0.1, -0.05) is 24.1 Å². The summed E-state index contributed by atoms with van der Waals surface area (Å²) in [5.74, 6) is 0.390. The topological polar surface area (TPSA) is 105 Å². The number of rotatable bonds is 7. The lowest BCUT2D eigenvalue weighted by Gasteiger charge is -2.23. The lowest BCUT2D eigenvalue weighted by Crippen LogP contribution is -2.34. The van der Waals surface area contributed by atoms with E-state index >= 15 is 0 Å². The van der Waals surface area contributed by atoms with Gasteiger partial charge in [-0.15, -0.1) is 6.10 Å². The van der Waals surface area contributed by atoms with Crippen LogP contribution in [0.4, 0.5) is 0 Å². The van der Waals surface area contributed by atoms with Crippen molar-refractivity contribution in [3.63, 3.8) is 0 Å². The predicted octanol–water partition coefficient (Wildman–Crippen LogP) is 0.547. The minimum Gasteiger partial charge on any atom is -0.852 e. The minimum atomic E-state index is -1.03. The summed E-state index contributed by atoms with van der Waals surface area (Å²) < 4.78 is 3.01. The van der Waals surface area contributed by atoms with Crippen molar-refractivity contribution in [1.82, 2.24) is 24.1 Å². The Bertz CT molecular complexity index is 980. The number of nitrogens with zero attached hydrogens (tertiary/aromatic N) is 5. The standard InChI is InChI=1S/C17H17ClN5O3/c1-11-14(7-13(25)3-2-6-24)16(26)23-17(20-10-21-23)22(11)9-12-4-5-15(18)19-8-12/h4-6,8,10,13H,2-3,7,9H2,1H3/q-1. The van der Waals surface area contributed by atoms with E-state index in [1.807, 2.05) is 10.6 Å². The van der Waals surface area contributed by atoms with Crippen molar-refractivity contribution in [2.75, 3.05) is 0 Å². The molecule has 1 atom stereocenters. The third kappa shape index (κ3) is 3.66. The second-order valence-electron chi connectivity index (χ2n) is 5.99. The van der Waals surface area contributed by atoms with Crippen molar-refractivity contribution in [3.05, 3.63) is 57.0 Å². The fourth-order valence-corrected chi connectivity index (χ4v) is 2.96. The number of aldehydes is 1. The van der Waals surface area contributed by atoms with Crippen LogP contribution in [0.3, 0.4) is 0 Å². The smallest absolute Gasteiger partial charge is 0.279 e. The van der Waals surface area contributed by atoms with Crippen molar-refractivity contribution in [3.8, 4) is 0 Å². The molecule has 3 heterocycles. The quantitative estimate of drug-likeness (QED) is 0.441. The molecule has 3 aromatic heterocycles. The van der Waals surface area contributed by atoms with E-state index in [1.165, 1.54) is 10.8 Å². The summed E-state index contributed by atoms with van der Waals surface area (Å²) in [4.78, 5) is 31.4. The molecule has 0 saturated heterocycles. The Kier molecular flexibility index (Phi) is 5.43. The van der Waals surface area contributed by atoms with E-state index in [9.17, 15) is 14.7 Å². The third-order valence-electron chi connectivity index (χ3n) is 4.23. The highest BCUT2D eigenvalue weighted by Crippen LogP contribution is 2.14. The molecule has 0 saturated carbocycles. The summed E-state index contributed by atoms with van der Waals surface area (Å²) in [5.41, 5.74) is 1.55. The van der Waals surface area contributed by atoms with E-state index in [4.69, 9.17) is 11.6 Å². The first-order valence-electron chi connectivity index (χ1n) is 8.13. The van der Waals surface area contributed by atoms with Crippen molar-refractivity contribution in [2.24, 2.45) is 0 Å². The molecule has 0 aromatic carbocycles. The van der Waals surface area contributed by atoms with Gasteiger partial charge in [-0.2, -0.15) is 14.6 Å². The van der Waals surface area contributed by atoms with Crippen LogP contribution < -0.4 is 10.7 Å². The molecular weight excluding hydrogens is 358 g/mol. The molecule has 8 nitrogen and oxygen atoms in total. The van der Waals surface area contributed by atoms with Gasteiger partial charge in [0, 0.05) is 23.9 Å². The number of carbonyl (C=O) groups is 1. The summed E-state index contributed by atoms with van der Waals surface area (Å²) in [5, 5.41) is 16.5. The molecule has 136 valence electrons. The number of aromatic nitrogens is 5. The Hall–Kier alpha value is -2.58. The first-order chi connectivity index (χ1) is 12.5. The number of hydrogen-bond acceptors (Lipinski definition) is 6. The van der Waals surface area contributed by atoms with Gasteiger partial charge in [0.15, 0.2) is 0 Å². The van der Waals surface area contributed by atoms with Gasteiger partial charge in [0.1, 0.15) is 17.8 Å². The molecule has 0 N–H and O–H groups in total. The van der Waals surface area contributed by atoms with Gasteiger partial charge in [-0.05, 0) is 25.0 Å². The predicted molar refractivity (Wildman–Crippen MR) is 93.1 cm³/mol. The Morgan fingerprint density at radius 1 is 1.35 bits per heavy atom. The number of carbonyl (C=O) groups excluding carboxylic acids is 1. The lowest BCUT2D eigenvalue weighted by molar-refractivity contribution is -0.420. The molecule has 1 unspecified atom stereocenters. The minimum absolute atomic E-state index is 0.0349. The Morgan fingerprint density at radius 2 is 2.15 bits per heavy atom. The third-order valence-corrected chi connectivity index (χ3v) is 4.45. The van der Waals surface area contributed by atoms with Crippen molar-refractivity contribution < 1.29 is 9.90 Å². The highest BCUT2D eigenvalue weighted by Gasteiger charge is 2.16. The van der Waals surface area contributed by atoms with E-state index < -0.39 is 6.10 Å². The van der Waals surface area contributed by atoms with Crippen LogP contribution in [0, 0.1) is 6.92 Å². The highest BCUT2D eigenvalue weighted by atomic mass is 35.5. The van der Waals surface area contributed by atoms with Crippen LogP contribution in [-0.4, -0.2) is 36.5 Å². The second kappa shape index (κ2) is 7.76. The first kappa shape index (κ1) is 18.2. The van der Waals surface area contributed by atoms with Crippen molar-refractivity contribution in [2.45, 2.75) is 38.8 Å². The number of pyridine rings is 1. The van der Waals surface area contributed by atoms with Crippen LogP contribution in [0.5, 0.6) is 0 Å². The molecule has 3 rings (SSSR count). The van der Waals surface area contributed by atoms with Gasteiger partial charge < -0.3 is 14.5 Å². The maximum absolute atomic E-state index is 12.7. The van der Waals surface area contributed by atoms with E-state index in [1.54, 1.807) is 19.2 Å². The summed E-state index contributed by atoms with van der Waals surface area (Å²) >= 11 is 5.82. The maximum atomic E-state index is 12.7. The monoisotopic (exact) mass is 374 g/mol. The Morgan fingerprint density at radius 3 is 2.85 bits per heavy atom. The average Bonchev–Trinajstić information content (AvgIpc) is 3.12. The SMILES string of the molecule is Cc1c(CC([O-])CCC=O)c(=O)n2ncnc2n1Cc1ccc(Cl)nc1.